The molecule has 2 unspecified atom stereocenters. The van der Waals surface area contributed by atoms with Gasteiger partial charge in [-0.25, -0.2) is 18.7 Å². The van der Waals surface area contributed by atoms with Crippen LogP contribution in [0.15, 0.2) is 30.5 Å². The molecule has 33 heavy (non-hydrogen) atoms. The van der Waals surface area contributed by atoms with E-state index in [2.05, 4.69) is 25.3 Å². The number of Topliss-reactive ketones (excluding diaryl/α,β-unsaturated/α-hetero) is 1. The first-order valence-electron chi connectivity index (χ1n) is 9.68. The van der Waals surface area contributed by atoms with Gasteiger partial charge in [-0.1, -0.05) is 6.07 Å². The third-order valence-corrected chi connectivity index (χ3v) is 4.82. The van der Waals surface area contributed by atoms with E-state index in [1.807, 2.05) is 0 Å². The van der Waals surface area contributed by atoms with Crippen molar-refractivity contribution >= 4 is 23.9 Å². The van der Waals surface area contributed by atoms with Crippen LogP contribution in [0.2, 0.25) is 0 Å². The number of nitrogens with one attached hydrogen (secondary N) is 2. The van der Waals surface area contributed by atoms with Gasteiger partial charge in [0.05, 0.1) is 12.6 Å². The number of pyridine rings is 2. The van der Waals surface area contributed by atoms with Gasteiger partial charge in [-0.3, -0.25) is 9.59 Å². The van der Waals surface area contributed by atoms with E-state index < -0.39 is 48.9 Å². The molecule has 0 spiro atoms. The number of nitrogens with zero attached hydrogens (tertiary/aromatic N) is 2. The van der Waals surface area contributed by atoms with Gasteiger partial charge in [0, 0.05) is 18.7 Å². The number of anilines is 2. The monoisotopic (exact) mass is 474 g/mol. The van der Waals surface area contributed by atoms with Gasteiger partial charge in [-0.2, -0.15) is 0 Å². The van der Waals surface area contributed by atoms with Gasteiger partial charge in [0.1, 0.15) is 23.1 Å². The second-order valence-electron chi connectivity index (χ2n) is 7.31. The lowest BCUT2D eigenvalue weighted by atomic mass is 9.93. The van der Waals surface area contributed by atoms with Crippen LogP contribution in [0.4, 0.5) is 33.6 Å². The lowest BCUT2D eigenvalue weighted by Crippen LogP contribution is -2.53. The molecule has 8 nitrogen and oxygen atoms in total. The third-order valence-electron chi connectivity index (χ3n) is 4.82. The maximum absolute atomic E-state index is 13.4. The number of ketones is 1. The topological polar surface area (TPSA) is 102 Å². The van der Waals surface area contributed by atoms with Gasteiger partial charge in [0.2, 0.25) is 5.78 Å². The number of carbonyl (C=O) groups excluding carboxylic acids is 2. The summed E-state index contributed by atoms with van der Waals surface area (Å²) < 4.78 is 72.9. The van der Waals surface area contributed by atoms with Gasteiger partial charge in [-0.15, -0.1) is 13.2 Å². The first-order chi connectivity index (χ1) is 15.5. The molecule has 13 heteroatoms. The molecule has 0 bridgehead atoms. The van der Waals surface area contributed by atoms with Crippen LogP contribution in [0.25, 0.3) is 0 Å². The van der Waals surface area contributed by atoms with Crippen molar-refractivity contribution in [3.05, 3.63) is 41.7 Å². The highest BCUT2D eigenvalue weighted by Crippen LogP contribution is 2.28. The molecule has 1 aliphatic rings. The lowest BCUT2D eigenvalue weighted by Gasteiger charge is -2.33. The minimum Gasteiger partial charge on any atom is -0.454 e. The fourth-order valence-corrected chi connectivity index (χ4v) is 3.29. The van der Waals surface area contributed by atoms with Crippen molar-refractivity contribution in [3.63, 3.8) is 0 Å². The predicted molar refractivity (Wildman–Crippen MR) is 104 cm³/mol. The van der Waals surface area contributed by atoms with E-state index in [0.29, 0.717) is 5.56 Å². The maximum Gasteiger partial charge on any atom is 0.573 e. The molecule has 0 saturated carbocycles. The number of aryl methyl sites for hydroxylation is 1. The average molecular weight is 474 g/mol. The lowest BCUT2D eigenvalue weighted by molar-refractivity contribution is -0.274. The van der Waals surface area contributed by atoms with E-state index in [0.717, 1.165) is 18.3 Å². The Hall–Kier alpha value is -3.35. The fourth-order valence-electron chi connectivity index (χ4n) is 3.29. The van der Waals surface area contributed by atoms with E-state index in [1.165, 1.54) is 12.1 Å². The molecule has 0 aromatic carbocycles. The Morgan fingerprint density at radius 3 is 2.70 bits per heavy atom. The highest BCUT2D eigenvalue weighted by Gasteiger charge is 2.41. The number of ether oxygens (including phenoxy) is 2. The summed E-state index contributed by atoms with van der Waals surface area (Å²) in [5.74, 6) is -4.13. The van der Waals surface area contributed by atoms with E-state index >= 15 is 0 Å². The largest absolute Gasteiger partial charge is 0.573 e. The summed E-state index contributed by atoms with van der Waals surface area (Å²) in [5.41, 5.74) is 0.307. The standard InChI is InChI=1S/C20H19F5N4O4/c1-11-2-3-14(28-15-8-12(5-7-26-15)33-20(23,24)25)29-16(11)17(31)18(32-10-30)13-4-6-19(21,22)9-27-13/h2-3,5,7-8,10,13,18,27H,4,6,9H2,1H3,(H,26,28,29). The van der Waals surface area contributed by atoms with Crippen LogP contribution in [0.1, 0.15) is 28.9 Å². The van der Waals surface area contributed by atoms with Crippen LogP contribution < -0.4 is 15.4 Å². The smallest absolute Gasteiger partial charge is 0.454 e. The van der Waals surface area contributed by atoms with Crippen molar-refractivity contribution in [1.29, 1.82) is 0 Å². The number of piperidine rings is 1. The summed E-state index contributed by atoms with van der Waals surface area (Å²) in [6.45, 7) is 0.963. The Morgan fingerprint density at radius 2 is 2.06 bits per heavy atom. The van der Waals surface area contributed by atoms with Crippen LogP contribution in [0.5, 0.6) is 5.75 Å². The Balaban J connectivity index is 1.81. The minimum absolute atomic E-state index is 0.0385. The van der Waals surface area contributed by atoms with E-state index in [9.17, 15) is 31.5 Å². The molecule has 3 heterocycles. The highest BCUT2D eigenvalue weighted by atomic mass is 19.4. The van der Waals surface area contributed by atoms with Crippen molar-refractivity contribution in [2.24, 2.45) is 0 Å². The Morgan fingerprint density at radius 1 is 1.30 bits per heavy atom. The summed E-state index contributed by atoms with van der Waals surface area (Å²) in [5, 5.41) is 5.20. The molecule has 2 N–H and O–H groups in total. The van der Waals surface area contributed by atoms with Gasteiger partial charge in [0.15, 0.2) is 6.10 Å². The summed E-state index contributed by atoms with van der Waals surface area (Å²) in [6, 6.07) is 4.14. The number of carbonyl (C=O) groups is 2. The molecule has 1 fully saturated rings. The van der Waals surface area contributed by atoms with Crippen LogP contribution in [-0.2, 0) is 9.53 Å². The number of hydrogen-bond acceptors (Lipinski definition) is 8. The van der Waals surface area contributed by atoms with E-state index in [1.54, 1.807) is 6.92 Å². The number of alkyl halides is 5. The van der Waals surface area contributed by atoms with Crippen molar-refractivity contribution in [3.8, 4) is 5.75 Å². The Bertz CT molecular complexity index is 1010. The van der Waals surface area contributed by atoms with Crippen molar-refractivity contribution in [2.75, 3.05) is 11.9 Å². The zero-order chi connectivity index (χ0) is 24.2. The summed E-state index contributed by atoms with van der Waals surface area (Å²) in [7, 11) is 0. The van der Waals surface area contributed by atoms with Gasteiger partial charge in [0.25, 0.3) is 12.4 Å². The Kier molecular flexibility index (Phi) is 7.10. The molecule has 0 aliphatic carbocycles. The van der Waals surface area contributed by atoms with Gasteiger partial charge < -0.3 is 20.1 Å². The summed E-state index contributed by atoms with van der Waals surface area (Å²) >= 11 is 0. The fraction of sp³-hybridized carbons (Fsp3) is 0.400. The van der Waals surface area contributed by atoms with Crippen LogP contribution >= 0.6 is 0 Å². The van der Waals surface area contributed by atoms with Crippen molar-refractivity contribution in [1.82, 2.24) is 15.3 Å². The molecule has 2 atom stereocenters. The molecule has 3 rings (SSSR count). The average Bonchev–Trinajstić information content (AvgIpc) is 2.72. The molecule has 0 amide bonds. The normalized spacial score (nSPS) is 18.8. The predicted octanol–water partition coefficient (Wildman–Crippen LogP) is 3.54. The third kappa shape index (κ3) is 6.57. The van der Waals surface area contributed by atoms with Crippen molar-refractivity contribution < 1.29 is 41.0 Å². The van der Waals surface area contributed by atoms with Crippen molar-refractivity contribution in [2.45, 2.75) is 44.2 Å². The minimum atomic E-state index is -4.88. The maximum atomic E-state index is 13.4. The second kappa shape index (κ2) is 9.65. The first kappa shape index (κ1) is 24.3. The zero-order valence-electron chi connectivity index (χ0n) is 17.2. The van der Waals surface area contributed by atoms with E-state index in [4.69, 9.17) is 4.74 Å². The van der Waals surface area contributed by atoms with E-state index in [-0.39, 0.29) is 30.2 Å². The number of hydrogen-bond donors (Lipinski definition) is 2. The molecule has 178 valence electrons. The number of aromatic nitrogens is 2. The first-order valence-corrected chi connectivity index (χ1v) is 9.68. The molecule has 2 aromatic rings. The number of rotatable bonds is 8. The molecule has 1 aliphatic heterocycles. The molecular weight excluding hydrogens is 455 g/mol. The van der Waals surface area contributed by atoms with Gasteiger partial charge in [-0.05, 0) is 31.0 Å². The second-order valence-corrected chi connectivity index (χ2v) is 7.31. The van der Waals surface area contributed by atoms with Crippen LogP contribution in [0.3, 0.4) is 0 Å². The number of halogens is 5. The SMILES string of the molecule is Cc1ccc(Nc2cc(OC(F)(F)F)ccn2)nc1C(=O)C(OC=O)C1CCC(F)(F)CN1. The van der Waals surface area contributed by atoms with Gasteiger partial charge >= 0.3 is 6.36 Å². The molecule has 0 radical (unpaired) electrons. The zero-order valence-corrected chi connectivity index (χ0v) is 17.2. The summed E-state index contributed by atoms with van der Waals surface area (Å²) in [4.78, 5) is 32.1. The highest BCUT2D eigenvalue weighted by molar-refractivity contribution is 6.00. The van der Waals surface area contributed by atoms with Crippen LogP contribution in [-0.4, -0.2) is 53.2 Å². The van der Waals surface area contributed by atoms with Crippen LogP contribution in [0, 0.1) is 6.92 Å². The molecule has 2 aromatic heterocycles. The Labute approximate surface area is 184 Å². The molecular formula is C20H19F5N4O4. The summed E-state index contributed by atoms with van der Waals surface area (Å²) in [6.07, 6.45) is -5.77. The quantitative estimate of drug-likeness (QED) is 0.340. The molecule has 1 saturated heterocycles.